The standard InChI is InChI=1S/C17H25N5/c1-12(2)21-9-6-14(11-21)22-16(13-5-8-18-10-13)20-15-4-3-7-19-17(15)22/h3-4,7,12-14,18H,5-6,8-11H2,1-2H3. The first-order valence-electron chi connectivity index (χ1n) is 8.51. The highest BCUT2D eigenvalue weighted by Gasteiger charge is 2.32. The third-order valence-electron chi connectivity index (χ3n) is 5.19. The lowest BCUT2D eigenvalue weighted by Gasteiger charge is -2.22. The van der Waals surface area contributed by atoms with Crippen LogP contribution >= 0.6 is 0 Å². The molecule has 0 aliphatic carbocycles. The lowest BCUT2D eigenvalue weighted by atomic mass is 10.1. The molecule has 118 valence electrons. The van der Waals surface area contributed by atoms with E-state index in [1.54, 1.807) is 0 Å². The lowest BCUT2D eigenvalue weighted by molar-refractivity contribution is 0.265. The van der Waals surface area contributed by atoms with E-state index in [1.807, 2.05) is 12.3 Å². The average molecular weight is 299 g/mol. The summed E-state index contributed by atoms with van der Waals surface area (Å²) in [5, 5.41) is 3.48. The molecule has 4 rings (SSSR count). The van der Waals surface area contributed by atoms with Gasteiger partial charge in [0.15, 0.2) is 5.65 Å². The Morgan fingerprint density at radius 3 is 2.95 bits per heavy atom. The molecule has 0 bridgehead atoms. The Labute approximate surface area is 131 Å². The van der Waals surface area contributed by atoms with Crippen molar-refractivity contribution in [2.24, 2.45) is 0 Å². The molecule has 0 radical (unpaired) electrons. The number of likely N-dealkylation sites (tertiary alicyclic amines) is 1. The Hall–Kier alpha value is -1.46. The van der Waals surface area contributed by atoms with Gasteiger partial charge in [-0.1, -0.05) is 0 Å². The van der Waals surface area contributed by atoms with Crippen LogP contribution in [-0.2, 0) is 0 Å². The Morgan fingerprint density at radius 1 is 1.32 bits per heavy atom. The first-order chi connectivity index (χ1) is 10.7. The molecule has 4 heterocycles. The largest absolute Gasteiger partial charge is 0.316 e. The Bertz CT molecular complexity index is 656. The number of nitrogens with one attached hydrogen (secondary N) is 1. The van der Waals surface area contributed by atoms with Crippen molar-refractivity contribution in [3.63, 3.8) is 0 Å². The van der Waals surface area contributed by atoms with E-state index in [9.17, 15) is 0 Å². The number of imidazole rings is 1. The Balaban J connectivity index is 1.76. The van der Waals surface area contributed by atoms with Gasteiger partial charge in [0, 0.05) is 37.8 Å². The van der Waals surface area contributed by atoms with Crippen molar-refractivity contribution in [1.82, 2.24) is 24.8 Å². The molecular weight excluding hydrogens is 274 g/mol. The maximum Gasteiger partial charge on any atom is 0.160 e. The zero-order valence-electron chi connectivity index (χ0n) is 13.5. The van der Waals surface area contributed by atoms with Gasteiger partial charge in [-0.2, -0.15) is 0 Å². The second kappa shape index (κ2) is 5.63. The SMILES string of the molecule is CC(C)N1CCC(n2c(C3CCNC3)nc3cccnc32)C1. The summed E-state index contributed by atoms with van der Waals surface area (Å²) in [6.07, 6.45) is 4.28. The average Bonchev–Trinajstić information content (AvgIpc) is 3.25. The normalized spacial score (nSPS) is 26.5. The summed E-state index contributed by atoms with van der Waals surface area (Å²) in [4.78, 5) is 12.2. The molecule has 2 unspecified atom stereocenters. The minimum absolute atomic E-state index is 0.512. The van der Waals surface area contributed by atoms with Crippen molar-refractivity contribution in [2.45, 2.75) is 44.7 Å². The van der Waals surface area contributed by atoms with E-state index in [1.165, 1.54) is 25.2 Å². The van der Waals surface area contributed by atoms with Crippen LogP contribution in [0.4, 0.5) is 0 Å². The number of aromatic nitrogens is 3. The molecule has 2 saturated heterocycles. The first kappa shape index (κ1) is 14.2. The molecule has 0 spiro atoms. The summed E-state index contributed by atoms with van der Waals surface area (Å²) in [5.74, 6) is 1.77. The van der Waals surface area contributed by atoms with E-state index >= 15 is 0 Å². The summed E-state index contributed by atoms with van der Waals surface area (Å²) in [6.45, 7) is 9.01. The van der Waals surface area contributed by atoms with E-state index in [0.29, 0.717) is 18.0 Å². The van der Waals surface area contributed by atoms with Gasteiger partial charge in [-0.25, -0.2) is 9.97 Å². The van der Waals surface area contributed by atoms with Gasteiger partial charge in [-0.3, -0.25) is 4.90 Å². The highest BCUT2D eigenvalue weighted by atomic mass is 15.3. The van der Waals surface area contributed by atoms with Crippen LogP contribution in [0.15, 0.2) is 18.3 Å². The van der Waals surface area contributed by atoms with Crippen molar-refractivity contribution in [2.75, 3.05) is 26.2 Å². The van der Waals surface area contributed by atoms with Crippen LogP contribution in [-0.4, -0.2) is 51.7 Å². The minimum atomic E-state index is 0.512. The number of rotatable bonds is 3. The van der Waals surface area contributed by atoms with Crippen LogP contribution in [0.25, 0.3) is 11.2 Å². The van der Waals surface area contributed by atoms with Gasteiger partial charge in [0.25, 0.3) is 0 Å². The molecule has 2 aliphatic rings. The number of hydrogen-bond donors (Lipinski definition) is 1. The van der Waals surface area contributed by atoms with Gasteiger partial charge in [-0.05, 0) is 45.4 Å². The van der Waals surface area contributed by atoms with Gasteiger partial charge in [0.2, 0.25) is 0 Å². The second-order valence-corrected chi connectivity index (χ2v) is 6.91. The smallest absolute Gasteiger partial charge is 0.160 e. The van der Waals surface area contributed by atoms with Crippen LogP contribution in [0.2, 0.25) is 0 Å². The molecule has 2 aliphatic heterocycles. The summed E-state index contributed by atoms with van der Waals surface area (Å²) in [5.41, 5.74) is 2.12. The fourth-order valence-electron chi connectivity index (χ4n) is 3.92. The fraction of sp³-hybridized carbons (Fsp3) is 0.647. The van der Waals surface area contributed by atoms with Crippen LogP contribution in [0.1, 0.15) is 44.5 Å². The van der Waals surface area contributed by atoms with Crippen LogP contribution in [0, 0.1) is 0 Å². The topological polar surface area (TPSA) is 46.0 Å². The first-order valence-corrected chi connectivity index (χ1v) is 8.51. The zero-order chi connectivity index (χ0) is 15.1. The monoisotopic (exact) mass is 299 g/mol. The maximum atomic E-state index is 4.95. The third kappa shape index (κ3) is 2.32. The molecule has 5 heteroatoms. The highest BCUT2D eigenvalue weighted by molar-refractivity contribution is 5.71. The molecule has 2 aromatic heterocycles. The number of hydrogen-bond acceptors (Lipinski definition) is 4. The van der Waals surface area contributed by atoms with Crippen molar-refractivity contribution in [3.05, 3.63) is 24.2 Å². The van der Waals surface area contributed by atoms with Crippen molar-refractivity contribution < 1.29 is 0 Å². The molecule has 2 aromatic rings. The molecule has 0 saturated carbocycles. The van der Waals surface area contributed by atoms with Gasteiger partial charge in [0.1, 0.15) is 11.3 Å². The fourth-order valence-corrected chi connectivity index (χ4v) is 3.92. The van der Waals surface area contributed by atoms with E-state index in [2.05, 4.69) is 39.7 Å². The molecule has 5 nitrogen and oxygen atoms in total. The van der Waals surface area contributed by atoms with E-state index < -0.39 is 0 Å². The minimum Gasteiger partial charge on any atom is -0.316 e. The molecule has 22 heavy (non-hydrogen) atoms. The molecule has 0 aromatic carbocycles. The van der Waals surface area contributed by atoms with E-state index in [4.69, 9.17) is 4.98 Å². The van der Waals surface area contributed by atoms with Crippen LogP contribution in [0.3, 0.4) is 0 Å². The van der Waals surface area contributed by atoms with Crippen LogP contribution in [0.5, 0.6) is 0 Å². The van der Waals surface area contributed by atoms with Gasteiger partial charge < -0.3 is 9.88 Å². The molecule has 2 fully saturated rings. The predicted molar refractivity (Wildman–Crippen MR) is 88.1 cm³/mol. The second-order valence-electron chi connectivity index (χ2n) is 6.91. The number of fused-ring (bicyclic) bond motifs is 1. The quantitative estimate of drug-likeness (QED) is 0.943. The predicted octanol–water partition coefficient (Wildman–Crippen LogP) is 2.16. The molecule has 1 N–H and O–H groups in total. The van der Waals surface area contributed by atoms with Crippen molar-refractivity contribution >= 4 is 11.2 Å². The maximum absolute atomic E-state index is 4.95. The number of pyridine rings is 1. The van der Waals surface area contributed by atoms with Crippen LogP contribution < -0.4 is 5.32 Å². The summed E-state index contributed by atoms with van der Waals surface area (Å²) >= 11 is 0. The highest BCUT2D eigenvalue weighted by Crippen LogP contribution is 2.32. The van der Waals surface area contributed by atoms with E-state index in [-0.39, 0.29) is 0 Å². The van der Waals surface area contributed by atoms with Crippen molar-refractivity contribution in [1.29, 1.82) is 0 Å². The van der Waals surface area contributed by atoms with E-state index in [0.717, 1.165) is 30.8 Å². The molecule has 0 amide bonds. The lowest BCUT2D eigenvalue weighted by Crippen LogP contribution is -2.29. The Morgan fingerprint density at radius 2 is 2.23 bits per heavy atom. The molecule has 2 atom stereocenters. The van der Waals surface area contributed by atoms with Gasteiger partial charge in [-0.15, -0.1) is 0 Å². The number of nitrogens with zero attached hydrogens (tertiary/aromatic N) is 4. The molecular formula is C17H25N5. The van der Waals surface area contributed by atoms with Gasteiger partial charge >= 0.3 is 0 Å². The summed E-state index contributed by atoms with van der Waals surface area (Å²) in [6, 6.07) is 5.22. The summed E-state index contributed by atoms with van der Waals surface area (Å²) < 4.78 is 2.45. The third-order valence-corrected chi connectivity index (χ3v) is 5.19. The zero-order valence-corrected chi connectivity index (χ0v) is 13.5. The van der Waals surface area contributed by atoms with Crippen molar-refractivity contribution in [3.8, 4) is 0 Å². The van der Waals surface area contributed by atoms with Gasteiger partial charge in [0.05, 0.1) is 6.04 Å². The Kier molecular flexibility index (Phi) is 3.62. The summed E-state index contributed by atoms with van der Waals surface area (Å²) in [7, 11) is 0.